The van der Waals surface area contributed by atoms with Crippen molar-refractivity contribution in [3.63, 3.8) is 0 Å². The van der Waals surface area contributed by atoms with Crippen molar-refractivity contribution in [2.45, 2.75) is 58.2 Å². The molecular formula is C20H31NO4. The van der Waals surface area contributed by atoms with E-state index in [-0.39, 0.29) is 12.5 Å². The summed E-state index contributed by atoms with van der Waals surface area (Å²) in [4.78, 5) is 14.3. The van der Waals surface area contributed by atoms with Gasteiger partial charge in [0.15, 0.2) is 0 Å². The molecule has 0 fully saturated rings. The van der Waals surface area contributed by atoms with Crippen LogP contribution in [-0.4, -0.2) is 52.9 Å². The van der Waals surface area contributed by atoms with Crippen LogP contribution in [0.3, 0.4) is 0 Å². The Hall–Kier alpha value is -1.59. The SMILES string of the molecule is CC(C)CC(=O)N1CCCCc2ccccc2OC[C@@H](O)[C@@H](O)CC1. The van der Waals surface area contributed by atoms with Gasteiger partial charge in [-0.1, -0.05) is 32.0 Å². The van der Waals surface area contributed by atoms with Crippen LogP contribution in [0.1, 0.15) is 45.1 Å². The fraction of sp³-hybridized carbons (Fsp3) is 0.650. The third-order valence-electron chi connectivity index (χ3n) is 4.58. The van der Waals surface area contributed by atoms with E-state index >= 15 is 0 Å². The number of carbonyl (C=O) groups is 1. The summed E-state index contributed by atoms with van der Waals surface area (Å²) >= 11 is 0. The van der Waals surface area contributed by atoms with Crippen molar-refractivity contribution < 1.29 is 19.7 Å². The lowest BCUT2D eigenvalue weighted by Gasteiger charge is -2.26. The molecule has 2 atom stereocenters. The number of fused-ring (bicyclic) bond motifs is 1. The molecule has 0 radical (unpaired) electrons. The zero-order valence-corrected chi connectivity index (χ0v) is 15.4. The van der Waals surface area contributed by atoms with E-state index in [2.05, 4.69) is 0 Å². The number of carbonyl (C=O) groups excluding carboxylic acids is 1. The Morgan fingerprint density at radius 1 is 1.20 bits per heavy atom. The van der Waals surface area contributed by atoms with Gasteiger partial charge < -0.3 is 19.8 Å². The summed E-state index contributed by atoms with van der Waals surface area (Å²) in [7, 11) is 0. The number of amides is 1. The van der Waals surface area contributed by atoms with Crippen molar-refractivity contribution in [2.75, 3.05) is 19.7 Å². The highest BCUT2D eigenvalue weighted by molar-refractivity contribution is 5.76. The van der Waals surface area contributed by atoms with Gasteiger partial charge >= 0.3 is 0 Å². The number of aliphatic hydroxyl groups excluding tert-OH is 2. The molecule has 5 heteroatoms. The van der Waals surface area contributed by atoms with E-state index < -0.39 is 12.2 Å². The van der Waals surface area contributed by atoms with Crippen LogP contribution in [0, 0.1) is 5.92 Å². The predicted molar refractivity (Wildman–Crippen MR) is 97.5 cm³/mol. The molecule has 1 aliphatic heterocycles. The summed E-state index contributed by atoms with van der Waals surface area (Å²) in [5, 5.41) is 20.3. The number of aliphatic hydroxyl groups is 2. The zero-order chi connectivity index (χ0) is 18.2. The lowest BCUT2D eigenvalue weighted by molar-refractivity contribution is -0.132. The van der Waals surface area contributed by atoms with Gasteiger partial charge in [0.25, 0.3) is 0 Å². The van der Waals surface area contributed by atoms with Crippen molar-refractivity contribution in [1.82, 2.24) is 4.90 Å². The van der Waals surface area contributed by atoms with Crippen LogP contribution in [-0.2, 0) is 11.2 Å². The Labute approximate surface area is 150 Å². The van der Waals surface area contributed by atoms with E-state index in [0.717, 1.165) is 30.6 Å². The van der Waals surface area contributed by atoms with Crippen molar-refractivity contribution >= 4 is 5.91 Å². The fourth-order valence-electron chi connectivity index (χ4n) is 3.08. The number of hydrogen-bond donors (Lipinski definition) is 2. The molecule has 25 heavy (non-hydrogen) atoms. The average molecular weight is 349 g/mol. The molecule has 1 aliphatic rings. The van der Waals surface area contributed by atoms with E-state index in [1.54, 1.807) is 0 Å². The topological polar surface area (TPSA) is 70.0 Å². The molecule has 0 aliphatic carbocycles. The van der Waals surface area contributed by atoms with Crippen LogP contribution in [0.2, 0.25) is 0 Å². The van der Waals surface area contributed by atoms with Crippen LogP contribution < -0.4 is 4.74 Å². The van der Waals surface area contributed by atoms with Gasteiger partial charge in [-0.2, -0.15) is 0 Å². The maximum absolute atomic E-state index is 12.4. The van der Waals surface area contributed by atoms with Gasteiger partial charge in [-0.3, -0.25) is 4.79 Å². The molecule has 2 rings (SSSR count). The maximum atomic E-state index is 12.4. The Morgan fingerprint density at radius 2 is 1.96 bits per heavy atom. The Kier molecular flexibility index (Phi) is 7.72. The van der Waals surface area contributed by atoms with Crippen molar-refractivity contribution in [2.24, 2.45) is 5.92 Å². The van der Waals surface area contributed by atoms with Crippen LogP contribution >= 0.6 is 0 Å². The molecule has 1 amide bonds. The molecule has 0 spiro atoms. The van der Waals surface area contributed by atoms with Gasteiger partial charge in [0.05, 0.1) is 6.10 Å². The molecule has 1 aromatic rings. The monoisotopic (exact) mass is 349 g/mol. The summed E-state index contributed by atoms with van der Waals surface area (Å²) in [6.07, 6.45) is 1.77. The molecule has 5 nitrogen and oxygen atoms in total. The number of hydrogen-bond acceptors (Lipinski definition) is 4. The highest BCUT2D eigenvalue weighted by Gasteiger charge is 2.22. The third-order valence-corrected chi connectivity index (χ3v) is 4.58. The van der Waals surface area contributed by atoms with E-state index in [4.69, 9.17) is 4.74 Å². The minimum atomic E-state index is -0.962. The quantitative estimate of drug-likeness (QED) is 0.860. The molecule has 1 heterocycles. The molecular weight excluding hydrogens is 318 g/mol. The first-order valence-corrected chi connectivity index (χ1v) is 9.32. The number of rotatable bonds is 2. The van der Waals surface area contributed by atoms with Gasteiger partial charge in [-0.25, -0.2) is 0 Å². The number of ether oxygens (including phenoxy) is 1. The maximum Gasteiger partial charge on any atom is 0.222 e. The highest BCUT2D eigenvalue weighted by Crippen LogP contribution is 2.21. The first-order valence-electron chi connectivity index (χ1n) is 9.32. The summed E-state index contributed by atoms with van der Waals surface area (Å²) in [5.41, 5.74) is 1.10. The summed E-state index contributed by atoms with van der Waals surface area (Å²) in [6, 6.07) is 7.81. The Balaban J connectivity index is 2.08. The smallest absolute Gasteiger partial charge is 0.222 e. The summed E-state index contributed by atoms with van der Waals surface area (Å²) < 4.78 is 5.72. The van der Waals surface area contributed by atoms with Gasteiger partial charge in [0, 0.05) is 19.5 Å². The second-order valence-electron chi connectivity index (χ2n) is 7.28. The van der Waals surface area contributed by atoms with Crippen LogP contribution in [0.5, 0.6) is 5.75 Å². The van der Waals surface area contributed by atoms with Crippen molar-refractivity contribution in [3.8, 4) is 5.75 Å². The van der Waals surface area contributed by atoms with Crippen LogP contribution in [0.25, 0.3) is 0 Å². The number of para-hydroxylation sites is 1. The van der Waals surface area contributed by atoms with Gasteiger partial charge in [-0.05, 0) is 43.2 Å². The number of benzene rings is 1. The zero-order valence-electron chi connectivity index (χ0n) is 15.4. The largest absolute Gasteiger partial charge is 0.491 e. The molecule has 0 bridgehead atoms. The van der Waals surface area contributed by atoms with Crippen molar-refractivity contribution in [1.29, 1.82) is 0 Å². The second-order valence-corrected chi connectivity index (χ2v) is 7.28. The Bertz CT molecular complexity index is 546. The number of nitrogens with zero attached hydrogens (tertiary/aromatic N) is 1. The molecule has 0 aromatic heterocycles. The van der Waals surface area contributed by atoms with Gasteiger partial charge in [0.2, 0.25) is 5.91 Å². The lowest BCUT2D eigenvalue weighted by Crippen LogP contribution is -2.38. The van der Waals surface area contributed by atoms with Crippen LogP contribution in [0.15, 0.2) is 24.3 Å². The first kappa shape index (κ1) is 19.7. The number of aryl methyl sites for hydroxylation is 1. The van der Waals surface area contributed by atoms with E-state index in [1.165, 1.54) is 0 Å². The molecule has 2 N–H and O–H groups in total. The first-order chi connectivity index (χ1) is 12.0. The standard InChI is InChI=1S/C20H31NO4/c1-15(2)13-20(24)21-11-6-5-8-16-7-3-4-9-19(16)25-14-18(23)17(22)10-12-21/h3-4,7,9,15,17-18,22-23H,5-6,8,10-14H2,1-2H3/t17-,18+/m0/s1. The normalized spacial score (nSPS) is 23.0. The van der Waals surface area contributed by atoms with E-state index in [9.17, 15) is 15.0 Å². The minimum absolute atomic E-state index is 0.0537. The molecule has 0 unspecified atom stereocenters. The Morgan fingerprint density at radius 3 is 2.72 bits per heavy atom. The molecule has 0 saturated heterocycles. The average Bonchev–Trinajstić information content (AvgIpc) is 2.59. The van der Waals surface area contributed by atoms with Crippen LogP contribution in [0.4, 0.5) is 0 Å². The van der Waals surface area contributed by atoms with Gasteiger partial charge in [-0.15, -0.1) is 0 Å². The van der Waals surface area contributed by atoms with Gasteiger partial charge in [0.1, 0.15) is 18.5 Å². The molecule has 1 aromatic carbocycles. The van der Waals surface area contributed by atoms with Crippen molar-refractivity contribution in [3.05, 3.63) is 29.8 Å². The lowest BCUT2D eigenvalue weighted by atomic mass is 10.1. The third kappa shape index (κ3) is 6.33. The predicted octanol–water partition coefficient (Wildman–Crippen LogP) is 2.39. The summed E-state index contributed by atoms with van der Waals surface area (Å²) in [5.74, 6) is 1.21. The molecule has 0 saturated carbocycles. The second kappa shape index (κ2) is 9.78. The highest BCUT2D eigenvalue weighted by atomic mass is 16.5. The molecule has 140 valence electrons. The van der Waals surface area contributed by atoms with E-state index in [0.29, 0.717) is 31.8 Å². The minimum Gasteiger partial charge on any atom is -0.491 e. The summed E-state index contributed by atoms with van der Waals surface area (Å²) in [6.45, 7) is 5.28. The fourth-order valence-corrected chi connectivity index (χ4v) is 3.08. The van der Waals surface area contributed by atoms with E-state index in [1.807, 2.05) is 43.0 Å².